The smallest absolute Gasteiger partial charge is 0.410 e. The van der Waals surface area contributed by atoms with Crippen LogP contribution in [0, 0.1) is 0 Å². The highest BCUT2D eigenvalue weighted by molar-refractivity contribution is 5.80. The molecule has 2 aliphatic rings. The van der Waals surface area contributed by atoms with Crippen LogP contribution in [0.15, 0.2) is 79.3 Å². The van der Waals surface area contributed by atoms with Crippen molar-refractivity contribution in [1.29, 1.82) is 0 Å². The Kier molecular flexibility index (Phi) is 6.46. The van der Waals surface area contributed by atoms with Crippen LogP contribution in [-0.2, 0) is 10.2 Å². The van der Waals surface area contributed by atoms with Crippen molar-refractivity contribution >= 4 is 28.3 Å². The van der Waals surface area contributed by atoms with Crippen LogP contribution in [0.5, 0.6) is 0 Å². The zero-order chi connectivity index (χ0) is 27.8. The van der Waals surface area contributed by atoms with E-state index in [1.54, 1.807) is 11.1 Å². The highest BCUT2D eigenvalue weighted by atomic mass is 16.6. The number of nitrogens with zero attached hydrogens (tertiary/aromatic N) is 6. The Balaban J connectivity index is 1.12. The first-order valence-electron chi connectivity index (χ1n) is 14.4. The van der Waals surface area contributed by atoms with Gasteiger partial charge in [-0.25, -0.2) is 14.8 Å². The van der Waals surface area contributed by atoms with Crippen molar-refractivity contribution in [1.82, 2.24) is 29.5 Å². The third-order valence-corrected chi connectivity index (χ3v) is 8.37. The molecule has 1 aliphatic heterocycles. The SMILES string of the molecule is CCCCOC(=O)N1CC=C(c2ccc(-c3cnc4ncc(C5(c6ccc7ncccc7c6)CC5)n4n3)cc2)CC1. The van der Waals surface area contributed by atoms with Crippen molar-refractivity contribution in [3.8, 4) is 11.3 Å². The molecule has 3 aromatic heterocycles. The molecule has 8 nitrogen and oxygen atoms in total. The molecule has 1 amide bonds. The molecule has 1 aliphatic carbocycles. The number of unbranched alkanes of at least 4 members (excludes halogenated alkanes) is 1. The number of fused-ring (bicyclic) bond motifs is 2. The lowest BCUT2D eigenvalue weighted by atomic mass is 9.91. The van der Waals surface area contributed by atoms with Gasteiger partial charge in [0.05, 0.1) is 30.2 Å². The molecule has 41 heavy (non-hydrogen) atoms. The Labute approximate surface area is 238 Å². The molecule has 5 aromatic rings. The first-order chi connectivity index (χ1) is 20.1. The van der Waals surface area contributed by atoms with Crippen LogP contribution < -0.4 is 0 Å². The summed E-state index contributed by atoms with van der Waals surface area (Å²) in [5.41, 5.74) is 7.45. The number of aromatic nitrogens is 5. The van der Waals surface area contributed by atoms with Crippen LogP contribution in [-0.4, -0.2) is 55.3 Å². The number of rotatable bonds is 7. The van der Waals surface area contributed by atoms with Crippen molar-refractivity contribution in [3.63, 3.8) is 0 Å². The van der Waals surface area contributed by atoms with E-state index in [0.29, 0.717) is 25.5 Å². The predicted molar refractivity (Wildman–Crippen MR) is 158 cm³/mol. The second-order valence-electron chi connectivity index (χ2n) is 11.0. The fraction of sp³-hybridized carbons (Fsp3) is 0.303. The van der Waals surface area contributed by atoms with Crippen LogP contribution in [0.1, 0.15) is 55.8 Å². The largest absolute Gasteiger partial charge is 0.449 e. The Morgan fingerprint density at radius 3 is 2.61 bits per heavy atom. The fourth-order valence-electron chi connectivity index (χ4n) is 5.77. The average molecular weight is 545 g/mol. The van der Waals surface area contributed by atoms with Gasteiger partial charge in [0.25, 0.3) is 5.78 Å². The number of benzene rings is 2. The zero-order valence-electron chi connectivity index (χ0n) is 23.2. The van der Waals surface area contributed by atoms with E-state index in [2.05, 4.69) is 76.5 Å². The number of carbonyl (C=O) groups excluding carboxylic acids is 1. The third-order valence-electron chi connectivity index (χ3n) is 8.37. The molecule has 1 saturated carbocycles. The summed E-state index contributed by atoms with van der Waals surface area (Å²) in [5, 5.41) is 6.15. The van der Waals surface area contributed by atoms with E-state index in [9.17, 15) is 4.79 Å². The Morgan fingerprint density at radius 1 is 1.00 bits per heavy atom. The van der Waals surface area contributed by atoms with Crippen LogP contribution in [0.3, 0.4) is 0 Å². The topological polar surface area (TPSA) is 85.5 Å². The van der Waals surface area contributed by atoms with Crippen molar-refractivity contribution < 1.29 is 9.53 Å². The van der Waals surface area contributed by atoms with Gasteiger partial charge < -0.3 is 9.64 Å². The van der Waals surface area contributed by atoms with E-state index >= 15 is 0 Å². The summed E-state index contributed by atoms with van der Waals surface area (Å²) in [5.74, 6) is 0.610. The fourth-order valence-corrected chi connectivity index (χ4v) is 5.77. The molecule has 1 fully saturated rings. The standard InChI is InChI=1S/C33H32N6O2/c1-2-3-19-41-32(40)38-17-12-24(13-18-38)23-6-8-25(9-7-23)29-21-35-31-36-22-30(39(31)37-29)33(14-15-33)27-10-11-28-26(20-27)5-4-16-34-28/h4-12,16,20-22H,2-3,13-15,17-19H2,1H3. The molecule has 206 valence electrons. The number of ether oxygens (including phenoxy) is 1. The molecule has 8 heteroatoms. The van der Waals surface area contributed by atoms with Crippen molar-refractivity contribution in [2.75, 3.05) is 19.7 Å². The minimum atomic E-state index is -0.220. The van der Waals surface area contributed by atoms with E-state index in [1.165, 1.54) is 11.1 Å². The summed E-state index contributed by atoms with van der Waals surface area (Å²) in [6.45, 7) is 3.81. The second-order valence-corrected chi connectivity index (χ2v) is 11.0. The Morgan fingerprint density at radius 2 is 1.83 bits per heavy atom. The number of hydrogen-bond donors (Lipinski definition) is 0. The van der Waals surface area contributed by atoms with Gasteiger partial charge in [-0.2, -0.15) is 9.61 Å². The Hall–Kier alpha value is -4.59. The minimum Gasteiger partial charge on any atom is -0.449 e. The van der Waals surface area contributed by atoms with Crippen molar-refractivity contribution in [3.05, 3.63) is 96.1 Å². The lowest BCUT2D eigenvalue weighted by molar-refractivity contribution is 0.105. The monoisotopic (exact) mass is 544 g/mol. The van der Waals surface area contributed by atoms with Gasteiger partial charge in [-0.3, -0.25) is 4.98 Å². The maximum atomic E-state index is 12.3. The van der Waals surface area contributed by atoms with Crippen LogP contribution in [0.25, 0.3) is 33.5 Å². The molecule has 4 heterocycles. The molecule has 7 rings (SSSR count). The summed E-state index contributed by atoms with van der Waals surface area (Å²) in [4.78, 5) is 27.8. The molecule has 2 aromatic carbocycles. The van der Waals surface area contributed by atoms with Gasteiger partial charge in [-0.05, 0) is 60.6 Å². The quantitative estimate of drug-likeness (QED) is 0.219. The maximum Gasteiger partial charge on any atom is 0.410 e. The van der Waals surface area contributed by atoms with Crippen LogP contribution >= 0.6 is 0 Å². The lowest BCUT2D eigenvalue weighted by Gasteiger charge is -2.26. The molecule has 0 saturated heterocycles. The summed E-state index contributed by atoms with van der Waals surface area (Å²) < 4.78 is 7.28. The molecule has 0 bridgehead atoms. The van der Waals surface area contributed by atoms with Crippen molar-refractivity contribution in [2.24, 2.45) is 0 Å². The number of imidazole rings is 1. The van der Waals surface area contributed by atoms with Crippen LogP contribution in [0.2, 0.25) is 0 Å². The molecule has 0 unspecified atom stereocenters. The van der Waals surface area contributed by atoms with E-state index < -0.39 is 0 Å². The van der Waals surface area contributed by atoms with Gasteiger partial charge in [0, 0.05) is 35.7 Å². The summed E-state index contributed by atoms with van der Waals surface area (Å²) >= 11 is 0. The molecular weight excluding hydrogens is 512 g/mol. The minimum absolute atomic E-state index is 0.107. The van der Waals surface area contributed by atoms with Crippen molar-refractivity contribution in [2.45, 2.75) is 44.4 Å². The Bertz CT molecular complexity index is 1770. The van der Waals surface area contributed by atoms with E-state index in [0.717, 1.165) is 65.5 Å². The first kappa shape index (κ1) is 25.4. The summed E-state index contributed by atoms with van der Waals surface area (Å²) in [6.07, 6.45) is 12.3. The highest BCUT2D eigenvalue weighted by Gasteiger charge is 2.48. The number of hydrogen-bond acceptors (Lipinski definition) is 6. The van der Waals surface area contributed by atoms with Crippen LogP contribution in [0.4, 0.5) is 4.79 Å². The number of pyridine rings is 1. The maximum absolute atomic E-state index is 12.3. The van der Waals surface area contributed by atoms with Gasteiger partial charge >= 0.3 is 6.09 Å². The third kappa shape index (κ3) is 4.73. The van der Waals surface area contributed by atoms with Gasteiger partial charge in [-0.15, -0.1) is 0 Å². The van der Waals surface area contributed by atoms with Gasteiger partial charge in [-0.1, -0.05) is 55.8 Å². The average Bonchev–Trinajstić information content (AvgIpc) is 3.73. The lowest BCUT2D eigenvalue weighted by Crippen LogP contribution is -2.35. The highest BCUT2D eigenvalue weighted by Crippen LogP contribution is 2.53. The molecule has 0 spiro atoms. The van der Waals surface area contributed by atoms with Gasteiger partial charge in [0.2, 0.25) is 0 Å². The van der Waals surface area contributed by atoms with E-state index in [4.69, 9.17) is 9.84 Å². The predicted octanol–water partition coefficient (Wildman–Crippen LogP) is 6.45. The molecular formula is C33H32N6O2. The molecule has 0 radical (unpaired) electrons. The molecule has 0 N–H and O–H groups in total. The summed E-state index contributed by atoms with van der Waals surface area (Å²) in [6, 6.07) is 19.1. The number of amides is 1. The van der Waals surface area contributed by atoms with E-state index in [1.807, 2.05) is 23.0 Å². The second kappa shape index (κ2) is 10.4. The first-order valence-corrected chi connectivity index (χ1v) is 14.4. The normalized spacial score (nSPS) is 16.1. The van der Waals surface area contributed by atoms with Gasteiger partial charge in [0.1, 0.15) is 5.69 Å². The van der Waals surface area contributed by atoms with Gasteiger partial charge in [0.15, 0.2) is 0 Å². The number of carbonyl (C=O) groups is 1. The summed E-state index contributed by atoms with van der Waals surface area (Å²) in [7, 11) is 0. The van der Waals surface area contributed by atoms with E-state index in [-0.39, 0.29) is 11.5 Å². The molecule has 0 atom stereocenters. The zero-order valence-corrected chi connectivity index (χ0v) is 23.2.